The van der Waals surface area contributed by atoms with Gasteiger partial charge in [0.25, 0.3) is 0 Å². The zero-order chi connectivity index (χ0) is 8.55. The number of hydrogen-bond donors (Lipinski definition) is 1. The predicted molar refractivity (Wildman–Crippen MR) is 52.4 cm³/mol. The lowest BCUT2D eigenvalue weighted by Crippen LogP contribution is -2.36. The molecule has 0 unspecified atom stereocenters. The van der Waals surface area contributed by atoms with E-state index < -0.39 is 0 Å². The molecule has 12 heavy (non-hydrogen) atoms. The number of hydrogen-bond acceptors (Lipinski definition) is 2. The summed E-state index contributed by atoms with van der Waals surface area (Å²) < 4.78 is 1.16. The maximum Gasteiger partial charge on any atom is 0.0382 e. The second kappa shape index (κ2) is 3.17. The molecule has 0 saturated heterocycles. The van der Waals surface area contributed by atoms with E-state index in [1.807, 2.05) is 5.01 Å². The Hall–Kier alpha value is -0.380. The summed E-state index contributed by atoms with van der Waals surface area (Å²) in [6.45, 7) is 1.84. The lowest BCUT2D eigenvalue weighted by atomic mass is 10.0. The Morgan fingerprint density at radius 2 is 2.17 bits per heavy atom. The Morgan fingerprint density at radius 3 is 3.00 bits per heavy atom. The Kier molecular flexibility index (Phi) is 2.17. The quantitative estimate of drug-likeness (QED) is 0.683. The van der Waals surface area contributed by atoms with Crippen LogP contribution in [-0.4, -0.2) is 11.6 Å². The van der Waals surface area contributed by atoms with Crippen molar-refractivity contribution in [1.29, 1.82) is 0 Å². The third-order valence-electron chi connectivity index (χ3n) is 2.21. The number of nitrogens with zero attached hydrogens (tertiary/aromatic N) is 1. The van der Waals surface area contributed by atoms with Gasteiger partial charge in [0, 0.05) is 17.6 Å². The summed E-state index contributed by atoms with van der Waals surface area (Å²) in [4.78, 5) is 0. The lowest BCUT2D eigenvalue weighted by molar-refractivity contribution is 0.263. The molecule has 0 atom stereocenters. The van der Waals surface area contributed by atoms with Crippen LogP contribution in [0.25, 0.3) is 0 Å². The van der Waals surface area contributed by atoms with Crippen molar-refractivity contribution in [2.24, 2.45) is 5.84 Å². The highest BCUT2D eigenvalue weighted by Gasteiger charge is 2.12. The minimum atomic E-state index is 0.878. The minimum Gasteiger partial charge on any atom is -0.268 e. The largest absolute Gasteiger partial charge is 0.268 e. The van der Waals surface area contributed by atoms with Crippen molar-refractivity contribution >= 4 is 15.9 Å². The average Bonchev–Trinajstić information content (AvgIpc) is 2.05. The molecule has 1 heterocycles. The van der Waals surface area contributed by atoms with Crippen LogP contribution < -0.4 is 5.84 Å². The molecule has 1 aliphatic rings. The average molecular weight is 227 g/mol. The molecule has 2 nitrogen and oxygen atoms in total. The Bertz CT molecular complexity index is 299. The standard InChI is InChI=1S/C9H11BrN2/c10-9-2-1-8-6-12(11)4-3-7(8)5-9/h1-2,5H,3-4,6,11H2. The van der Waals surface area contributed by atoms with Crippen LogP contribution in [-0.2, 0) is 13.0 Å². The number of halogens is 1. The summed E-state index contributed by atoms with van der Waals surface area (Å²) in [6.07, 6.45) is 1.06. The molecular formula is C9H11BrN2. The highest BCUT2D eigenvalue weighted by molar-refractivity contribution is 9.10. The highest BCUT2D eigenvalue weighted by atomic mass is 79.9. The van der Waals surface area contributed by atoms with Gasteiger partial charge < -0.3 is 0 Å². The molecule has 0 bridgehead atoms. The normalized spacial score (nSPS) is 17.5. The van der Waals surface area contributed by atoms with E-state index in [0.717, 1.165) is 24.0 Å². The van der Waals surface area contributed by atoms with Crippen molar-refractivity contribution in [3.8, 4) is 0 Å². The highest BCUT2D eigenvalue weighted by Crippen LogP contribution is 2.21. The third-order valence-corrected chi connectivity index (χ3v) is 2.70. The Morgan fingerprint density at radius 1 is 1.33 bits per heavy atom. The third kappa shape index (κ3) is 1.53. The first-order valence-electron chi connectivity index (χ1n) is 4.02. The van der Waals surface area contributed by atoms with E-state index >= 15 is 0 Å². The van der Waals surface area contributed by atoms with E-state index in [4.69, 9.17) is 5.84 Å². The van der Waals surface area contributed by atoms with E-state index in [1.165, 1.54) is 11.1 Å². The van der Waals surface area contributed by atoms with Gasteiger partial charge in [0.05, 0.1) is 0 Å². The van der Waals surface area contributed by atoms with Crippen LogP contribution in [0.3, 0.4) is 0 Å². The first kappa shape index (κ1) is 8.23. The van der Waals surface area contributed by atoms with E-state index in [0.29, 0.717) is 0 Å². The zero-order valence-corrected chi connectivity index (χ0v) is 8.34. The molecule has 1 aliphatic heterocycles. The number of rotatable bonds is 0. The van der Waals surface area contributed by atoms with E-state index in [9.17, 15) is 0 Å². The fourth-order valence-corrected chi connectivity index (χ4v) is 1.95. The van der Waals surface area contributed by atoms with Crippen molar-refractivity contribution in [1.82, 2.24) is 5.01 Å². The van der Waals surface area contributed by atoms with Crippen LogP contribution in [0.5, 0.6) is 0 Å². The molecule has 0 amide bonds. The van der Waals surface area contributed by atoms with Crippen molar-refractivity contribution in [2.75, 3.05) is 6.54 Å². The maximum absolute atomic E-state index is 5.71. The monoisotopic (exact) mass is 226 g/mol. The number of nitrogens with two attached hydrogens (primary N) is 1. The lowest BCUT2D eigenvalue weighted by Gasteiger charge is -2.24. The van der Waals surface area contributed by atoms with Gasteiger partial charge >= 0.3 is 0 Å². The topological polar surface area (TPSA) is 29.3 Å². The Labute approximate surface area is 80.5 Å². The van der Waals surface area contributed by atoms with Crippen molar-refractivity contribution < 1.29 is 0 Å². The van der Waals surface area contributed by atoms with E-state index in [1.54, 1.807) is 0 Å². The molecule has 2 N–H and O–H groups in total. The van der Waals surface area contributed by atoms with Crippen molar-refractivity contribution in [3.63, 3.8) is 0 Å². The zero-order valence-electron chi connectivity index (χ0n) is 6.76. The fraction of sp³-hybridized carbons (Fsp3) is 0.333. The first-order chi connectivity index (χ1) is 5.75. The molecule has 1 aromatic carbocycles. The second-order valence-corrected chi connectivity index (χ2v) is 4.05. The number of fused-ring (bicyclic) bond motifs is 1. The van der Waals surface area contributed by atoms with E-state index in [-0.39, 0.29) is 0 Å². The summed E-state index contributed by atoms with van der Waals surface area (Å²) >= 11 is 3.46. The molecule has 0 aromatic heterocycles. The van der Waals surface area contributed by atoms with Gasteiger partial charge in [0.1, 0.15) is 0 Å². The van der Waals surface area contributed by atoms with Gasteiger partial charge in [-0.05, 0) is 29.7 Å². The Balaban J connectivity index is 2.37. The van der Waals surface area contributed by atoms with Crippen molar-refractivity contribution in [2.45, 2.75) is 13.0 Å². The summed E-state index contributed by atoms with van der Waals surface area (Å²) in [5.41, 5.74) is 2.78. The predicted octanol–water partition coefficient (Wildman–Crippen LogP) is 1.68. The smallest absolute Gasteiger partial charge is 0.0382 e. The summed E-state index contributed by atoms with van der Waals surface area (Å²) in [5.74, 6) is 5.71. The second-order valence-electron chi connectivity index (χ2n) is 3.13. The molecule has 0 aliphatic carbocycles. The van der Waals surface area contributed by atoms with Crippen LogP contribution in [0.4, 0.5) is 0 Å². The molecule has 64 valence electrons. The van der Waals surface area contributed by atoms with Crippen LogP contribution in [0.2, 0.25) is 0 Å². The maximum atomic E-state index is 5.71. The van der Waals surface area contributed by atoms with Gasteiger partial charge in [-0.15, -0.1) is 0 Å². The first-order valence-corrected chi connectivity index (χ1v) is 4.82. The van der Waals surface area contributed by atoms with Crippen molar-refractivity contribution in [3.05, 3.63) is 33.8 Å². The molecular weight excluding hydrogens is 216 g/mol. The van der Waals surface area contributed by atoms with Gasteiger partial charge in [0.15, 0.2) is 0 Å². The minimum absolute atomic E-state index is 0.878. The molecule has 0 fully saturated rings. The van der Waals surface area contributed by atoms with E-state index in [2.05, 4.69) is 34.1 Å². The molecule has 3 heteroatoms. The van der Waals surface area contributed by atoms with Gasteiger partial charge in [-0.1, -0.05) is 22.0 Å². The SMILES string of the molecule is NN1CCc2cc(Br)ccc2C1. The summed E-state index contributed by atoms with van der Waals surface area (Å²) in [6, 6.07) is 6.39. The van der Waals surface area contributed by atoms with Gasteiger partial charge in [-0.3, -0.25) is 5.84 Å². The molecule has 0 radical (unpaired) electrons. The number of benzene rings is 1. The van der Waals surface area contributed by atoms with Gasteiger partial charge in [-0.25, -0.2) is 5.01 Å². The van der Waals surface area contributed by atoms with Crippen LogP contribution in [0.15, 0.2) is 22.7 Å². The van der Waals surface area contributed by atoms with Crippen LogP contribution in [0, 0.1) is 0 Å². The van der Waals surface area contributed by atoms with Crippen LogP contribution >= 0.6 is 15.9 Å². The molecule has 2 rings (SSSR count). The summed E-state index contributed by atoms with van der Waals surface area (Å²) in [5, 5.41) is 1.86. The fourth-order valence-electron chi connectivity index (χ4n) is 1.54. The summed E-state index contributed by atoms with van der Waals surface area (Å²) in [7, 11) is 0. The molecule has 1 aromatic rings. The van der Waals surface area contributed by atoms with Crippen LogP contribution in [0.1, 0.15) is 11.1 Å². The molecule has 0 saturated carbocycles. The molecule has 0 spiro atoms. The van der Waals surface area contributed by atoms with Gasteiger partial charge in [-0.2, -0.15) is 0 Å². The van der Waals surface area contributed by atoms with Gasteiger partial charge in [0.2, 0.25) is 0 Å². The number of hydrazine groups is 1.